The van der Waals surface area contributed by atoms with Crippen molar-refractivity contribution in [3.63, 3.8) is 0 Å². The van der Waals surface area contributed by atoms with E-state index in [2.05, 4.69) is 6.58 Å². The van der Waals surface area contributed by atoms with Crippen molar-refractivity contribution in [3.05, 3.63) is 23.7 Å². The van der Waals surface area contributed by atoms with Gasteiger partial charge in [-0.2, -0.15) is 0 Å². The standard InChI is InChI=1S/C9H12O3/c1-5-2-6-7(4-10)8(11)3-9(6)12-5/h6,9-11H,1-4H2/t6-,9+/m0/s1. The first-order valence-corrected chi connectivity index (χ1v) is 4.08. The Morgan fingerprint density at radius 1 is 1.50 bits per heavy atom. The Hall–Kier alpha value is -0.960. The van der Waals surface area contributed by atoms with Gasteiger partial charge in [0.15, 0.2) is 0 Å². The molecule has 1 heterocycles. The zero-order valence-corrected chi connectivity index (χ0v) is 6.79. The lowest BCUT2D eigenvalue weighted by Gasteiger charge is -2.08. The molecule has 12 heavy (non-hydrogen) atoms. The van der Waals surface area contributed by atoms with E-state index >= 15 is 0 Å². The Kier molecular flexibility index (Phi) is 1.61. The molecule has 0 aromatic rings. The summed E-state index contributed by atoms with van der Waals surface area (Å²) in [4.78, 5) is 0. The average Bonchev–Trinajstić information content (AvgIpc) is 2.43. The Morgan fingerprint density at radius 2 is 2.25 bits per heavy atom. The molecule has 0 saturated carbocycles. The van der Waals surface area contributed by atoms with E-state index in [1.807, 2.05) is 0 Å². The van der Waals surface area contributed by atoms with Crippen LogP contribution in [-0.4, -0.2) is 22.9 Å². The van der Waals surface area contributed by atoms with Crippen molar-refractivity contribution >= 4 is 0 Å². The van der Waals surface area contributed by atoms with Gasteiger partial charge in [-0.3, -0.25) is 0 Å². The lowest BCUT2D eigenvalue weighted by molar-refractivity contribution is 0.142. The number of ether oxygens (including phenoxy) is 1. The smallest absolute Gasteiger partial charge is 0.112 e. The van der Waals surface area contributed by atoms with Crippen LogP contribution in [0.15, 0.2) is 23.7 Å². The minimum atomic E-state index is -0.0658. The third-order valence-corrected chi connectivity index (χ3v) is 2.60. The lowest BCUT2D eigenvalue weighted by atomic mass is 9.98. The van der Waals surface area contributed by atoms with E-state index in [0.29, 0.717) is 12.2 Å². The van der Waals surface area contributed by atoms with Gasteiger partial charge in [0.2, 0.25) is 0 Å². The van der Waals surface area contributed by atoms with Gasteiger partial charge in [0.1, 0.15) is 6.10 Å². The molecule has 3 heteroatoms. The molecular weight excluding hydrogens is 156 g/mol. The maximum Gasteiger partial charge on any atom is 0.112 e. The van der Waals surface area contributed by atoms with Gasteiger partial charge in [-0.25, -0.2) is 0 Å². The molecule has 2 rings (SSSR count). The maximum atomic E-state index is 9.39. The fourth-order valence-corrected chi connectivity index (χ4v) is 2.00. The van der Waals surface area contributed by atoms with E-state index in [4.69, 9.17) is 9.84 Å². The van der Waals surface area contributed by atoms with Crippen LogP contribution in [0.4, 0.5) is 0 Å². The second-order valence-corrected chi connectivity index (χ2v) is 3.34. The van der Waals surface area contributed by atoms with E-state index in [9.17, 15) is 5.11 Å². The van der Waals surface area contributed by atoms with Gasteiger partial charge in [0.25, 0.3) is 0 Å². The molecule has 0 unspecified atom stereocenters. The van der Waals surface area contributed by atoms with Crippen LogP contribution in [-0.2, 0) is 4.74 Å². The Morgan fingerprint density at radius 3 is 2.92 bits per heavy atom. The van der Waals surface area contributed by atoms with Gasteiger partial charge < -0.3 is 14.9 Å². The number of hydrogen-bond donors (Lipinski definition) is 2. The van der Waals surface area contributed by atoms with E-state index in [0.717, 1.165) is 17.8 Å². The van der Waals surface area contributed by atoms with Crippen LogP contribution in [0.25, 0.3) is 0 Å². The van der Waals surface area contributed by atoms with Gasteiger partial charge in [-0.1, -0.05) is 6.58 Å². The molecular formula is C9H12O3. The summed E-state index contributed by atoms with van der Waals surface area (Å²) in [6, 6.07) is 0. The summed E-state index contributed by atoms with van der Waals surface area (Å²) in [5.74, 6) is 1.24. The first-order valence-electron chi connectivity index (χ1n) is 4.08. The number of fused-ring (bicyclic) bond motifs is 1. The molecule has 3 nitrogen and oxygen atoms in total. The minimum absolute atomic E-state index is 0.0275. The predicted molar refractivity (Wildman–Crippen MR) is 43.5 cm³/mol. The molecule has 2 aliphatic rings. The maximum absolute atomic E-state index is 9.39. The molecule has 0 radical (unpaired) electrons. The lowest BCUT2D eigenvalue weighted by Crippen LogP contribution is -2.12. The molecule has 2 atom stereocenters. The van der Waals surface area contributed by atoms with Crippen LogP contribution >= 0.6 is 0 Å². The Labute approximate surface area is 71.0 Å². The van der Waals surface area contributed by atoms with Crippen molar-refractivity contribution in [1.82, 2.24) is 0 Å². The first kappa shape index (κ1) is 7.68. The average molecular weight is 168 g/mol. The van der Waals surface area contributed by atoms with Gasteiger partial charge in [-0.15, -0.1) is 0 Å². The highest BCUT2D eigenvalue weighted by molar-refractivity contribution is 5.25. The highest BCUT2D eigenvalue weighted by Gasteiger charge is 2.41. The second kappa shape index (κ2) is 2.52. The van der Waals surface area contributed by atoms with Crippen molar-refractivity contribution in [1.29, 1.82) is 0 Å². The molecule has 1 aliphatic heterocycles. The van der Waals surface area contributed by atoms with E-state index in [1.165, 1.54) is 0 Å². The van der Waals surface area contributed by atoms with Crippen molar-refractivity contribution in [2.75, 3.05) is 6.61 Å². The number of aliphatic hydroxyl groups excluding tert-OH is 2. The molecule has 0 aromatic carbocycles. The van der Waals surface area contributed by atoms with Crippen molar-refractivity contribution in [2.24, 2.45) is 5.92 Å². The second-order valence-electron chi connectivity index (χ2n) is 3.34. The first-order chi connectivity index (χ1) is 5.72. The molecule has 1 aliphatic carbocycles. The van der Waals surface area contributed by atoms with Gasteiger partial charge >= 0.3 is 0 Å². The summed E-state index contributed by atoms with van der Waals surface area (Å²) in [6.45, 7) is 3.66. The summed E-state index contributed by atoms with van der Waals surface area (Å²) in [6.07, 6.45) is 1.30. The molecule has 2 N–H and O–H groups in total. The van der Waals surface area contributed by atoms with Gasteiger partial charge in [-0.05, 0) is 5.57 Å². The number of rotatable bonds is 1. The molecule has 0 aromatic heterocycles. The van der Waals surface area contributed by atoms with Crippen molar-refractivity contribution in [2.45, 2.75) is 18.9 Å². The highest BCUT2D eigenvalue weighted by Crippen LogP contribution is 2.42. The normalized spacial score (nSPS) is 33.9. The van der Waals surface area contributed by atoms with Gasteiger partial charge in [0.05, 0.1) is 18.1 Å². The summed E-state index contributed by atoms with van der Waals surface area (Å²) >= 11 is 0. The van der Waals surface area contributed by atoms with Crippen LogP contribution in [0.1, 0.15) is 12.8 Å². The third kappa shape index (κ3) is 0.932. The van der Waals surface area contributed by atoms with E-state index in [1.54, 1.807) is 0 Å². The SMILES string of the molecule is C=C1C[C@H]2C(CO)=C(O)C[C@H]2O1. The molecule has 1 fully saturated rings. The van der Waals surface area contributed by atoms with Crippen LogP contribution in [0, 0.1) is 5.92 Å². The van der Waals surface area contributed by atoms with E-state index < -0.39 is 0 Å². The summed E-state index contributed by atoms with van der Waals surface area (Å²) < 4.78 is 5.38. The van der Waals surface area contributed by atoms with Crippen molar-refractivity contribution < 1.29 is 14.9 Å². The van der Waals surface area contributed by atoms with Crippen molar-refractivity contribution in [3.8, 4) is 0 Å². The fourth-order valence-electron chi connectivity index (χ4n) is 2.00. The highest BCUT2D eigenvalue weighted by atomic mass is 16.5. The Bertz CT molecular complexity index is 254. The quantitative estimate of drug-likeness (QED) is 0.616. The number of allylic oxidation sites excluding steroid dienone is 1. The monoisotopic (exact) mass is 168 g/mol. The summed E-state index contributed by atoms with van der Waals surface area (Å²) in [5, 5.41) is 18.4. The minimum Gasteiger partial charge on any atom is -0.512 e. The largest absolute Gasteiger partial charge is 0.512 e. The van der Waals surface area contributed by atoms with E-state index in [-0.39, 0.29) is 18.6 Å². The third-order valence-electron chi connectivity index (χ3n) is 2.60. The van der Waals surface area contributed by atoms with Crippen LogP contribution in [0.2, 0.25) is 0 Å². The predicted octanol–water partition coefficient (Wildman–Crippen LogP) is 1.11. The zero-order valence-electron chi connectivity index (χ0n) is 6.79. The molecule has 66 valence electrons. The number of hydrogen-bond acceptors (Lipinski definition) is 3. The molecule has 0 spiro atoms. The molecule has 0 bridgehead atoms. The molecule has 0 amide bonds. The number of aliphatic hydroxyl groups is 2. The zero-order chi connectivity index (χ0) is 8.72. The van der Waals surface area contributed by atoms with Crippen LogP contribution in [0.3, 0.4) is 0 Å². The Balaban J connectivity index is 2.22. The summed E-state index contributed by atoms with van der Waals surface area (Å²) in [5.41, 5.74) is 0.735. The fraction of sp³-hybridized carbons (Fsp3) is 0.556. The topological polar surface area (TPSA) is 49.7 Å². The van der Waals surface area contributed by atoms with Crippen LogP contribution < -0.4 is 0 Å². The van der Waals surface area contributed by atoms with Gasteiger partial charge in [0, 0.05) is 18.8 Å². The summed E-state index contributed by atoms with van der Waals surface area (Å²) in [7, 11) is 0. The molecule has 1 saturated heterocycles. The van der Waals surface area contributed by atoms with Crippen LogP contribution in [0.5, 0.6) is 0 Å².